The van der Waals surface area contributed by atoms with Crippen LogP contribution in [0.25, 0.3) is 0 Å². The zero-order valence-electron chi connectivity index (χ0n) is 10.7. The van der Waals surface area contributed by atoms with Gasteiger partial charge in [0.05, 0.1) is 5.56 Å². The van der Waals surface area contributed by atoms with Crippen LogP contribution in [0.5, 0.6) is 0 Å². The molecule has 0 saturated heterocycles. The predicted octanol–water partition coefficient (Wildman–Crippen LogP) is 1.50. The van der Waals surface area contributed by atoms with E-state index in [0.717, 1.165) is 6.42 Å². The van der Waals surface area contributed by atoms with E-state index in [4.69, 9.17) is 0 Å². The SMILES string of the molecule is C/C=C/CCNC(=O)c1c(SC)nc(=O)[nH]c1C. The molecule has 0 unspecified atom stereocenters. The van der Waals surface area contributed by atoms with Crippen molar-refractivity contribution in [2.45, 2.75) is 25.3 Å². The van der Waals surface area contributed by atoms with Gasteiger partial charge in [-0.15, -0.1) is 11.8 Å². The maximum Gasteiger partial charge on any atom is 0.346 e. The molecule has 0 atom stereocenters. The number of hydrogen-bond donors (Lipinski definition) is 2. The van der Waals surface area contributed by atoms with Crippen molar-refractivity contribution in [3.05, 3.63) is 33.9 Å². The first-order valence-corrected chi connectivity index (χ1v) is 6.87. The number of allylic oxidation sites excluding steroid dienone is 1. The van der Waals surface area contributed by atoms with Gasteiger partial charge in [0.15, 0.2) is 0 Å². The topological polar surface area (TPSA) is 74.8 Å². The van der Waals surface area contributed by atoms with Crippen LogP contribution >= 0.6 is 11.8 Å². The minimum atomic E-state index is -0.428. The van der Waals surface area contributed by atoms with Crippen LogP contribution in [0.15, 0.2) is 22.0 Å². The van der Waals surface area contributed by atoms with Gasteiger partial charge in [-0.2, -0.15) is 4.98 Å². The Bertz CT molecular complexity index is 509. The Kier molecular flexibility index (Phi) is 5.64. The van der Waals surface area contributed by atoms with E-state index in [1.165, 1.54) is 11.8 Å². The summed E-state index contributed by atoms with van der Waals surface area (Å²) in [5.74, 6) is -0.204. The van der Waals surface area contributed by atoms with Gasteiger partial charge in [-0.3, -0.25) is 4.79 Å². The van der Waals surface area contributed by atoms with Gasteiger partial charge < -0.3 is 10.3 Å². The lowest BCUT2D eigenvalue weighted by Gasteiger charge is -2.09. The van der Waals surface area contributed by atoms with E-state index in [-0.39, 0.29) is 5.91 Å². The first kappa shape index (κ1) is 14.5. The Morgan fingerprint density at radius 2 is 2.28 bits per heavy atom. The summed E-state index contributed by atoms with van der Waals surface area (Å²) in [6.07, 6.45) is 6.49. The lowest BCUT2D eigenvalue weighted by atomic mass is 10.2. The molecule has 1 aromatic heterocycles. The molecule has 1 aromatic rings. The van der Waals surface area contributed by atoms with Crippen molar-refractivity contribution in [3.63, 3.8) is 0 Å². The van der Waals surface area contributed by atoms with Crippen LogP contribution in [0, 0.1) is 6.92 Å². The smallest absolute Gasteiger partial charge is 0.346 e. The molecule has 0 aliphatic rings. The highest BCUT2D eigenvalue weighted by atomic mass is 32.2. The Balaban J connectivity index is 2.88. The van der Waals surface area contributed by atoms with E-state index in [0.29, 0.717) is 22.8 Å². The van der Waals surface area contributed by atoms with E-state index >= 15 is 0 Å². The van der Waals surface area contributed by atoms with Crippen molar-refractivity contribution in [3.8, 4) is 0 Å². The summed E-state index contributed by atoms with van der Waals surface area (Å²) in [5, 5.41) is 3.26. The number of aromatic nitrogens is 2. The molecule has 1 rings (SSSR count). The number of rotatable bonds is 5. The molecule has 0 fully saturated rings. The van der Waals surface area contributed by atoms with Crippen LogP contribution in [0.4, 0.5) is 0 Å². The summed E-state index contributed by atoms with van der Waals surface area (Å²) >= 11 is 1.29. The lowest BCUT2D eigenvalue weighted by Crippen LogP contribution is -2.28. The molecule has 6 heteroatoms. The highest BCUT2D eigenvalue weighted by Gasteiger charge is 2.16. The van der Waals surface area contributed by atoms with Crippen molar-refractivity contribution in [1.82, 2.24) is 15.3 Å². The first-order chi connectivity index (χ1) is 8.60. The summed E-state index contributed by atoms with van der Waals surface area (Å²) in [6, 6.07) is 0. The quantitative estimate of drug-likeness (QED) is 0.367. The van der Waals surface area contributed by atoms with Crippen molar-refractivity contribution in [2.24, 2.45) is 0 Å². The highest BCUT2D eigenvalue weighted by molar-refractivity contribution is 7.98. The third kappa shape index (κ3) is 3.73. The number of thioether (sulfide) groups is 1. The molecule has 0 bridgehead atoms. The molecule has 0 spiro atoms. The molecule has 1 amide bonds. The molecule has 0 saturated carbocycles. The van der Waals surface area contributed by atoms with E-state index in [1.54, 1.807) is 13.2 Å². The van der Waals surface area contributed by atoms with E-state index in [1.807, 2.05) is 19.1 Å². The van der Waals surface area contributed by atoms with Crippen molar-refractivity contribution >= 4 is 17.7 Å². The fraction of sp³-hybridized carbons (Fsp3) is 0.417. The Morgan fingerprint density at radius 3 is 2.89 bits per heavy atom. The molecular formula is C12H17N3O2S. The summed E-state index contributed by atoms with van der Waals surface area (Å²) in [7, 11) is 0. The van der Waals surface area contributed by atoms with Crippen LogP contribution in [-0.4, -0.2) is 28.7 Å². The Labute approximate surface area is 110 Å². The average molecular weight is 267 g/mol. The van der Waals surface area contributed by atoms with Gasteiger partial charge in [0, 0.05) is 12.2 Å². The van der Waals surface area contributed by atoms with Gasteiger partial charge >= 0.3 is 5.69 Å². The number of nitrogens with one attached hydrogen (secondary N) is 2. The number of carbonyl (C=O) groups is 1. The number of amides is 1. The van der Waals surface area contributed by atoms with Crippen LogP contribution in [0.1, 0.15) is 29.4 Å². The first-order valence-electron chi connectivity index (χ1n) is 5.64. The zero-order chi connectivity index (χ0) is 13.5. The fourth-order valence-electron chi connectivity index (χ4n) is 1.50. The normalized spacial score (nSPS) is 10.8. The zero-order valence-corrected chi connectivity index (χ0v) is 11.6. The van der Waals surface area contributed by atoms with Crippen LogP contribution in [0.3, 0.4) is 0 Å². The summed E-state index contributed by atoms with van der Waals surface area (Å²) in [4.78, 5) is 29.6. The number of aromatic amines is 1. The third-order valence-corrected chi connectivity index (χ3v) is 3.02. The standard InChI is InChI=1S/C12H17N3O2S/c1-4-5-6-7-13-10(16)9-8(2)14-12(17)15-11(9)18-3/h4-5H,6-7H2,1-3H3,(H,13,16)(H,14,15,17)/b5-4+. The van der Waals surface area contributed by atoms with Crippen molar-refractivity contribution < 1.29 is 4.79 Å². The Morgan fingerprint density at radius 1 is 1.56 bits per heavy atom. The molecule has 18 heavy (non-hydrogen) atoms. The minimum Gasteiger partial charge on any atom is -0.352 e. The third-order valence-electron chi connectivity index (χ3n) is 2.34. The largest absolute Gasteiger partial charge is 0.352 e. The molecular weight excluding hydrogens is 250 g/mol. The average Bonchev–Trinajstić information content (AvgIpc) is 2.33. The predicted molar refractivity (Wildman–Crippen MR) is 73.1 cm³/mol. The number of nitrogens with zero attached hydrogens (tertiary/aromatic N) is 1. The fourth-order valence-corrected chi connectivity index (χ4v) is 2.12. The molecule has 5 nitrogen and oxygen atoms in total. The molecule has 2 N–H and O–H groups in total. The van der Waals surface area contributed by atoms with Gasteiger partial charge in [-0.1, -0.05) is 12.2 Å². The van der Waals surface area contributed by atoms with E-state index < -0.39 is 5.69 Å². The molecule has 1 heterocycles. The Hall–Kier alpha value is -1.56. The summed E-state index contributed by atoms with van der Waals surface area (Å²) in [6.45, 7) is 4.20. The van der Waals surface area contributed by atoms with Gasteiger partial charge in [-0.25, -0.2) is 4.79 Å². The lowest BCUT2D eigenvalue weighted by molar-refractivity contribution is 0.0949. The maximum absolute atomic E-state index is 12.0. The second-order valence-electron chi connectivity index (χ2n) is 3.66. The van der Waals surface area contributed by atoms with Crippen LogP contribution < -0.4 is 11.0 Å². The summed E-state index contributed by atoms with van der Waals surface area (Å²) in [5.41, 5.74) is 0.563. The van der Waals surface area contributed by atoms with E-state index in [9.17, 15) is 9.59 Å². The summed E-state index contributed by atoms with van der Waals surface area (Å²) < 4.78 is 0. The molecule has 0 aliphatic carbocycles. The molecule has 0 radical (unpaired) electrons. The molecule has 0 aliphatic heterocycles. The van der Waals surface area contributed by atoms with Crippen molar-refractivity contribution in [2.75, 3.05) is 12.8 Å². The van der Waals surface area contributed by atoms with Gasteiger partial charge in [0.25, 0.3) is 5.91 Å². The van der Waals surface area contributed by atoms with Gasteiger partial charge in [0.1, 0.15) is 5.03 Å². The van der Waals surface area contributed by atoms with Crippen molar-refractivity contribution in [1.29, 1.82) is 0 Å². The van der Waals surface area contributed by atoms with Crippen LogP contribution in [0.2, 0.25) is 0 Å². The molecule has 98 valence electrons. The number of hydrogen-bond acceptors (Lipinski definition) is 4. The number of H-pyrrole nitrogens is 1. The van der Waals surface area contributed by atoms with E-state index in [2.05, 4.69) is 15.3 Å². The van der Waals surface area contributed by atoms with Crippen LogP contribution in [-0.2, 0) is 0 Å². The molecule has 0 aromatic carbocycles. The maximum atomic E-state index is 12.0. The monoisotopic (exact) mass is 267 g/mol. The minimum absolute atomic E-state index is 0.204. The van der Waals surface area contributed by atoms with Gasteiger partial charge in [0.2, 0.25) is 0 Å². The van der Waals surface area contributed by atoms with Gasteiger partial charge in [-0.05, 0) is 26.5 Å². The highest BCUT2D eigenvalue weighted by Crippen LogP contribution is 2.17. The number of carbonyl (C=O) groups excluding carboxylic acids is 1. The number of aryl methyl sites for hydroxylation is 1. The second-order valence-corrected chi connectivity index (χ2v) is 4.46. The second kappa shape index (κ2) is 7.00.